The van der Waals surface area contributed by atoms with Crippen molar-refractivity contribution in [2.45, 2.75) is 40.0 Å². The first-order chi connectivity index (χ1) is 20.0. The average Bonchev–Trinajstić information content (AvgIpc) is 3.52. The topological polar surface area (TPSA) is 72.8 Å². The molecule has 43 heavy (non-hydrogen) atoms. The molecule has 0 radical (unpaired) electrons. The van der Waals surface area contributed by atoms with Crippen molar-refractivity contribution in [3.63, 3.8) is 0 Å². The quantitative estimate of drug-likeness (QED) is 0.172. The summed E-state index contributed by atoms with van der Waals surface area (Å²) in [5, 5.41) is 8.92. The van der Waals surface area contributed by atoms with E-state index in [4.69, 9.17) is 37.8 Å². The predicted octanol–water partition coefficient (Wildman–Crippen LogP) is 8.78. The van der Waals surface area contributed by atoms with Gasteiger partial charge in [0.2, 0.25) is 0 Å². The molecule has 0 heterocycles. The minimum atomic E-state index is -0.582. The molecule has 0 bridgehead atoms. The van der Waals surface area contributed by atoms with Crippen LogP contribution in [0, 0.1) is 0 Å². The number of fused-ring (bicyclic) bond motifs is 6. The number of ether oxygens (including phenoxy) is 2. The monoisotopic (exact) mass is 622 g/mol. The second kappa shape index (κ2) is 17.5. The van der Waals surface area contributed by atoms with Gasteiger partial charge in [-0.25, -0.2) is 4.79 Å². The average molecular weight is 624 g/mol. The van der Waals surface area contributed by atoms with Crippen molar-refractivity contribution in [3.05, 3.63) is 119 Å². The SMILES string of the molecule is C.C.CCC(=O)OCC1c2ccccc2-c2ccccc21.ClCCl.O=C(CO)OCC1c2ccccc2-c2ccccc21. The molecule has 228 valence electrons. The Morgan fingerprint density at radius 1 is 0.605 bits per heavy atom. The van der Waals surface area contributed by atoms with E-state index in [-0.39, 0.29) is 44.6 Å². The number of aliphatic hydroxyl groups excluding tert-OH is 1. The molecule has 2 aliphatic rings. The standard InChI is InChI=1S/C17H16O2.C16H14O3.CH2Cl2.2CH4/c1-2-17(18)19-11-16-14-9-5-3-7-12(14)13-8-4-6-10-15(13)16;17-9-16(18)19-10-15-13-7-3-1-5-11(13)12-6-2-4-8-14(12)15;2-1-3;;/h3-10,16H,2,11H2,1H3;1-8,15,17H,9-10H2;1H2;2*1H4. The first-order valence-corrected chi connectivity index (χ1v) is 14.5. The summed E-state index contributed by atoms with van der Waals surface area (Å²) in [5.74, 6) is -0.491. The van der Waals surface area contributed by atoms with Crippen LogP contribution in [0.3, 0.4) is 0 Å². The predicted molar refractivity (Wildman–Crippen MR) is 177 cm³/mol. The zero-order valence-corrected chi connectivity index (χ0v) is 24.3. The van der Waals surface area contributed by atoms with Crippen LogP contribution in [0.4, 0.5) is 0 Å². The molecule has 0 saturated carbocycles. The molecule has 6 rings (SSSR count). The molecular weight excluding hydrogens is 583 g/mol. The summed E-state index contributed by atoms with van der Waals surface area (Å²) in [6.45, 7) is 1.95. The van der Waals surface area contributed by atoms with E-state index >= 15 is 0 Å². The summed E-state index contributed by atoms with van der Waals surface area (Å²) in [7, 11) is 0. The lowest BCUT2D eigenvalue weighted by Crippen LogP contribution is -2.14. The molecule has 7 heteroatoms. The van der Waals surface area contributed by atoms with Crippen LogP contribution in [0.25, 0.3) is 22.3 Å². The van der Waals surface area contributed by atoms with E-state index in [1.807, 2.05) is 43.3 Å². The molecule has 0 unspecified atom stereocenters. The van der Waals surface area contributed by atoms with Crippen molar-refractivity contribution in [2.75, 3.05) is 25.2 Å². The Hall–Kier alpha value is -3.64. The highest BCUT2D eigenvalue weighted by atomic mass is 35.5. The molecule has 0 spiro atoms. The Morgan fingerprint density at radius 3 is 1.16 bits per heavy atom. The Bertz CT molecular complexity index is 1280. The molecule has 1 N–H and O–H groups in total. The second-order valence-electron chi connectivity index (χ2n) is 9.43. The number of alkyl halides is 2. The Kier molecular flexibility index (Phi) is 14.4. The molecular formula is C36H40Cl2O5. The van der Waals surface area contributed by atoms with Gasteiger partial charge in [-0.2, -0.15) is 0 Å². The van der Waals surface area contributed by atoms with E-state index in [0.717, 1.165) is 0 Å². The number of benzene rings is 4. The molecule has 2 aliphatic carbocycles. The van der Waals surface area contributed by atoms with Gasteiger partial charge in [0.15, 0.2) is 0 Å². The third-order valence-electron chi connectivity index (χ3n) is 7.16. The van der Waals surface area contributed by atoms with Gasteiger partial charge in [0, 0.05) is 18.3 Å². The fourth-order valence-corrected chi connectivity index (χ4v) is 5.38. The molecule has 5 nitrogen and oxygen atoms in total. The zero-order chi connectivity index (χ0) is 29.2. The highest BCUT2D eigenvalue weighted by molar-refractivity contribution is 6.40. The summed E-state index contributed by atoms with van der Waals surface area (Å²) in [5.41, 5.74) is 9.78. The van der Waals surface area contributed by atoms with Crippen LogP contribution in [0.2, 0.25) is 0 Å². The van der Waals surface area contributed by atoms with Gasteiger partial charge in [0.1, 0.15) is 19.8 Å². The summed E-state index contributed by atoms with van der Waals surface area (Å²) in [6, 6.07) is 33.0. The number of aliphatic hydroxyl groups is 1. The largest absolute Gasteiger partial charge is 0.465 e. The van der Waals surface area contributed by atoms with Gasteiger partial charge in [-0.3, -0.25) is 4.79 Å². The second-order valence-corrected chi connectivity index (χ2v) is 10.2. The van der Waals surface area contributed by atoms with Gasteiger partial charge in [-0.1, -0.05) is 119 Å². The van der Waals surface area contributed by atoms with Gasteiger partial charge in [0.05, 0.1) is 5.34 Å². The van der Waals surface area contributed by atoms with Gasteiger partial charge < -0.3 is 14.6 Å². The van der Waals surface area contributed by atoms with Crippen molar-refractivity contribution in [3.8, 4) is 22.3 Å². The van der Waals surface area contributed by atoms with Crippen LogP contribution in [-0.4, -0.2) is 42.2 Å². The highest BCUT2D eigenvalue weighted by Gasteiger charge is 2.29. The van der Waals surface area contributed by atoms with Crippen molar-refractivity contribution in [2.24, 2.45) is 0 Å². The van der Waals surface area contributed by atoms with Crippen molar-refractivity contribution >= 4 is 35.1 Å². The minimum absolute atomic E-state index is 0. The lowest BCUT2D eigenvalue weighted by atomic mass is 9.98. The Balaban J connectivity index is 0.000000264. The smallest absolute Gasteiger partial charge is 0.331 e. The summed E-state index contributed by atoms with van der Waals surface area (Å²) in [6.07, 6.45) is 0.427. The van der Waals surface area contributed by atoms with Crippen molar-refractivity contribution in [1.82, 2.24) is 0 Å². The van der Waals surface area contributed by atoms with Crippen molar-refractivity contribution < 1.29 is 24.2 Å². The number of hydrogen-bond donors (Lipinski definition) is 1. The summed E-state index contributed by atoms with van der Waals surface area (Å²) >= 11 is 9.53. The van der Waals surface area contributed by atoms with Crippen LogP contribution >= 0.6 is 23.2 Å². The lowest BCUT2D eigenvalue weighted by Gasteiger charge is -2.13. The number of carbonyl (C=O) groups is 2. The Morgan fingerprint density at radius 2 is 0.884 bits per heavy atom. The third kappa shape index (κ3) is 8.26. The third-order valence-corrected chi connectivity index (χ3v) is 7.16. The number of hydrogen-bond acceptors (Lipinski definition) is 5. The van der Waals surface area contributed by atoms with E-state index in [9.17, 15) is 9.59 Å². The molecule has 4 aromatic carbocycles. The fourth-order valence-electron chi connectivity index (χ4n) is 5.38. The molecule has 4 aromatic rings. The van der Waals surface area contributed by atoms with Crippen LogP contribution < -0.4 is 0 Å². The van der Waals surface area contributed by atoms with E-state index < -0.39 is 12.6 Å². The van der Waals surface area contributed by atoms with Gasteiger partial charge >= 0.3 is 11.9 Å². The first kappa shape index (κ1) is 35.6. The number of carbonyl (C=O) groups excluding carboxylic acids is 2. The van der Waals surface area contributed by atoms with Crippen LogP contribution in [-0.2, 0) is 19.1 Å². The van der Waals surface area contributed by atoms with E-state index in [1.165, 1.54) is 44.5 Å². The van der Waals surface area contributed by atoms with Gasteiger partial charge in [-0.15, -0.1) is 23.2 Å². The number of rotatable bonds is 6. The molecule has 0 aliphatic heterocycles. The maximum Gasteiger partial charge on any atom is 0.331 e. The molecule has 0 aromatic heterocycles. The summed E-state index contributed by atoms with van der Waals surface area (Å²) < 4.78 is 10.4. The van der Waals surface area contributed by atoms with Gasteiger partial charge in [-0.05, 0) is 44.5 Å². The van der Waals surface area contributed by atoms with E-state index in [0.29, 0.717) is 13.0 Å². The van der Waals surface area contributed by atoms with Crippen molar-refractivity contribution in [1.29, 1.82) is 0 Å². The maximum atomic E-state index is 11.4. The number of esters is 2. The first-order valence-electron chi connectivity index (χ1n) is 13.4. The van der Waals surface area contributed by atoms with Crippen LogP contribution in [0.1, 0.15) is 62.3 Å². The molecule has 0 amide bonds. The summed E-state index contributed by atoms with van der Waals surface area (Å²) in [4.78, 5) is 22.5. The van der Waals surface area contributed by atoms with Crippen LogP contribution in [0.5, 0.6) is 0 Å². The molecule has 0 saturated heterocycles. The highest BCUT2D eigenvalue weighted by Crippen LogP contribution is 2.45. The zero-order valence-electron chi connectivity index (χ0n) is 22.8. The van der Waals surface area contributed by atoms with E-state index in [2.05, 4.69) is 60.7 Å². The minimum Gasteiger partial charge on any atom is -0.465 e. The normalized spacial score (nSPS) is 11.8. The van der Waals surface area contributed by atoms with E-state index in [1.54, 1.807) is 0 Å². The fraction of sp³-hybridized carbons (Fsp3) is 0.278. The Labute approximate surface area is 265 Å². The molecule has 0 fully saturated rings. The maximum absolute atomic E-state index is 11.4. The number of halogens is 2. The lowest BCUT2D eigenvalue weighted by molar-refractivity contribution is -0.147. The molecule has 0 atom stereocenters. The van der Waals surface area contributed by atoms with Gasteiger partial charge in [0.25, 0.3) is 0 Å². The van der Waals surface area contributed by atoms with Crippen LogP contribution in [0.15, 0.2) is 97.1 Å².